The molecule has 1 heterocycles. The van der Waals surface area contributed by atoms with Gasteiger partial charge in [-0.1, -0.05) is 30.3 Å². The molecule has 1 aliphatic heterocycles. The Kier molecular flexibility index (Phi) is 2.87. The van der Waals surface area contributed by atoms with Crippen LogP contribution in [0.5, 0.6) is 0 Å². The summed E-state index contributed by atoms with van der Waals surface area (Å²) in [6.45, 7) is 3.35. The quantitative estimate of drug-likeness (QED) is 0.712. The largest absolute Gasteiger partial charge is 0.388 e. The summed E-state index contributed by atoms with van der Waals surface area (Å²) in [5, 5.41) is 3.50. The molecule has 0 spiro atoms. The summed E-state index contributed by atoms with van der Waals surface area (Å²) >= 11 is 0. The Bertz CT molecular complexity index is 316. The second-order valence-electron chi connectivity index (χ2n) is 3.85. The van der Waals surface area contributed by atoms with Crippen LogP contribution in [0.25, 0.3) is 5.57 Å². The zero-order chi connectivity index (χ0) is 9.80. The van der Waals surface area contributed by atoms with Gasteiger partial charge in [-0.15, -0.1) is 0 Å². The predicted molar refractivity (Wildman–Crippen MR) is 60.9 cm³/mol. The van der Waals surface area contributed by atoms with Gasteiger partial charge in [0.1, 0.15) is 0 Å². The molecule has 1 nitrogen and oxygen atoms in total. The monoisotopic (exact) mass is 187 g/mol. The topological polar surface area (TPSA) is 12.0 Å². The molecule has 1 N–H and O–H groups in total. The first-order chi connectivity index (χ1) is 6.88. The summed E-state index contributed by atoms with van der Waals surface area (Å²) in [6.07, 6.45) is 3.85. The highest BCUT2D eigenvalue weighted by Gasteiger charge is 2.08. The molecule has 1 heteroatoms. The molecule has 0 amide bonds. The lowest BCUT2D eigenvalue weighted by Crippen LogP contribution is -2.20. The number of rotatable bonds is 1. The molecule has 14 heavy (non-hydrogen) atoms. The van der Waals surface area contributed by atoms with Gasteiger partial charge in [0.05, 0.1) is 0 Å². The molecule has 2 rings (SSSR count). The van der Waals surface area contributed by atoms with Crippen LogP contribution in [0.1, 0.15) is 31.7 Å². The van der Waals surface area contributed by atoms with Gasteiger partial charge in [0.2, 0.25) is 0 Å². The van der Waals surface area contributed by atoms with Crippen LogP contribution in [0.4, 0.5) is 0 Å². The molecule has 1 fully saturated rings. The van der Waals surface area contributed by atoms with Gasteiger partial charge in [0.15, 0.2) is 0 Å². The summed E-state index contributed by atoms with van der Waals surface area (Å²) in [6, 6.07) is 10.6. The van der Waals surface area contributed by atoms with Crippen molar-refractivity contribution in [2.75, 3.05) is 6.54 Å². The number of allylic oxidation sites excluding steroid dienone is 2. The molecule has 0 atom stereocenters. The van der Waals surface area contributed by atoms with Gasteiger partial charge >= 0.3 is 0 Å². The Morgan fingerprint density at radius 2 is 1.93 bits per heavy atom. The first-order valence-electron chi connectivity index (χ1n) is 5.37. The van der Waals surface area contributed by atoms with E-state index in [2.05, 4.69) is 42.6 Å². The van der Waals surface area contributed by atoms with E-state index in [0.29, 0.717) is 0 Å². The molecule has 1 aromatic rings. The van der Waals surface area contributed by atoms with E-state index in [1.54, 1.807) is 0 Å². The van der Waals surface area contributed by atoms with Crippen molar-refractivity contribution in [3.63, 3.8) is 0 Å². The molecular weight excluding hydrogens is 170 g/mol. The third kappa shape index (κ3) is 1.98. The summed E-state index contributed by atoms with van der Waals surface area (Å²) in [5.41, 5.74) is 4.18. The lowest BCUT2D eigenvalue weighted by Gasteiger charge is -2.19. The van der Waals surface area contributed by atoms with E-state index in [4.69, 9.17) is 0 Å². The van der Waals surface area contributed by atoms with E-state index >= 15 is 0 Å². The highest BCUT2D eigenvalue weighted by molar-refractivity contribution is 5.66. The summed E-state index contributed by atoms with van der Waals surface area (Å²) in [4.78, 5) is 0. The number of hydrogen-bond donors (Lipinski definition) is 1. The van der Waals surface area contributed by atoms with Gasteiger partial charge in [-0.05, 0) is 37.3 Å². The van der Waals surface area contributed by atoms with Crippen molar-refractivity contribution in [3.8, 4) is 0 Å². The third-order valence-corrected chi connectivity index (χ3v) is 2.85. The van der Waals surface area contributed by atoms with Crippen molar-refractivity contribution < 1.29 is 0 Å². The van der Waals surface area contributed by atoms with Gasteiger partial charge in [-0.25, -0.2) is 0 Å². The Balaban J connectivity index is 2.25. The van der Waals surface area contributed by atoms with Crippen LogP contribution in [0, 0.1) is 0 Å². The van der Waals surface area contributed by atoms with Crippen molar-refractivity contribution in [1.82, 2.24) is 5.32 Å². The van der Waals surface area contributed by atoms with Gasteiger partial charge in [0, 0.05) is 12.2 Å². The number of benzene rings is 1. The van der Waals surface area contributed by atoms with Crippen molar-refractivity contribution in [3.05, 3.63) is 41.6 Å². The molecule has 1 aromatic carbocycles. The molecule has 1 saturated heterocycles. The zero-order valence-corrected chi connectivity index (χ0v) is 8.72. The van der Waals surface area contributed by atoms with Gasteiger partial charge in [0.25, 0.3) is 0 Å². The SMILES string of the molecule is CC(=C1CCCCN1)c1ccccc1. The molecule has 0 unspecified atom stereocenters. The maximum Gasteiger partial charge on any atom is 0.0144 e. The highest BCUT2D eigenvalue weighted by atomic mass is 14.9. The molecule has 1 aliphatic rings. The standard InChI is InChI=1S/C13H17N/c1-11(12-7-3-2-4-8-12)13-9-5-6-10-14-13/h2-4,7-8,14H,5-6,9-10H2,1H3. The maximum absolute atomic E-state index is 3.50. The van der Waals surface area contributed by atoms with Crippen LogP contribution in [0.2, 0.25) is 0 Å². The normalized spacial score (nSPS) is 20.1. The van der Waals surface area contributed by atoms with Crippen LogP contribution in [-0.4, -0.2) is 6.54 Å². The fraction of sp³-hybridized carbons (Fsp3) is 0.385. The fourth-order valence-corrected chi connectivity index (χ4v) is 1.94. The van der Waals surface area contributed by atoms with E-state index < -0.39 is 0 Å². The van der Waals surface area contributed by atoms with Crippen LogP contribution < -0.4 is 5.32 Å². The summed E-state index contributed by atoms with van der Waals surface area (Å²) in [7, 11) is 0. The van der Waals surface area contributed by atoms with Crippen molar-refractivity contribution in [2.24, 2.45) is 0 Å². The van der Waals surface area contributed by atoms with E-state index in [-0.39, 0.29) is 0 Å². The van der Waals surface area contributed by atoms with Crippen LogP contribution in [0.15, 0.2) is 36.0 Å². The average molecular weight is 187 g/mol. The van der Waals surface area contributed by atoms with E-state index in [1.165, 1.54) is 36.1 Å². The first kappa shape index (κ1) is 9.32. The minimum Gasteiger partial charge on any atom is -0.388 e. The molecule has 74 valence electrons. The molecule has 0 bridgehead atoms. The highest BCUT2D eigenvalue weighted by Crippen LogP contribution is 2.22. The summed E-state index contributed by atoms with van der Waals surface area (Å²) < 4.78 is 0. The molecule has 0 aromatic heterocycles. The zero-order valence-electron chi connectivity index (χ0n) is 8.72. The van der Waals surface area contributed by atoms with Crippen LogP contribution in [-0.2, 0) is 0 Å². The second kappa shape index (κ2) is 4.32. The van der Waals surface area contributed by atoms with E-state index in [9.17, 15) is 0 Å². The summed E-state index contributed by atoms with van der Waals surface area (Å²) in [5.74, 6) is 0. The smallest absolute Gasteiger partial charge is 0.0144 e. The average Bonchev–Trinajstić information content (AvgIpc) is 2.30. The molecule has 0 saturated carbocycles. The van der Waals surface area contributed by atoms with Crippen LogP contribution in [0.3, 0.4) is 0 Å². The van der Waals surface area contributed by atoms with E-state index in [0.717, 1.165) is 6.54 Å². The maximum atomic E-state index is 3.50. The second-order valence-corrected chi connectivity index (χ2v) is 3.85. The Hall–Kier alpha value is -1.24. The number of nitrogens with one attached hydrogen (secondary N) is 1. The minimum atomic E-state index is 1.14. The van der Waals surface area contributed by atoms with Gasteiger partial charge in [-0.3, -0.25) is 0 Å². The lowest BCUT2D eigenvalue weighted by atomic mass is 10.00. The Morgan fingerprint density at radius 3 is 2.57 bits per heavy atom. The first-order valence-corrected chi connectivity index (χ1v) is 5.37. The van der Waals surface area contributed by atoms with Crippen LogP contribution >= 0.6 is 0 Å². The predicted octanol–water partition coefficient (Wildman–Crippen LogP) is 3.19. The lowest BCUT2D eigenvalue weighted by molar-refractivity contribution is 0.589. The Morgan fingerprint density at radius 1 is 1.14 bits per heavy atom. The molecule has 0 radical (unpaired) electrons. The van der Waals surface area contributed by atoms with Crippen molar-refractivity contribution >= 4 is 5.57 Å². The third-order valence-electron chi connectivity index (χ3n) is 2.85. The molecular formula is C13H17N. The van der Waals surface area contributed by atoms with Gasteiger partial charge in [-0.2, -0.15) is 0 Å². The minimum absolute atomic E-state index is 1.14. The van der Waals surface area contributed by atoms with Gasteiger partial charge < -0.3 is 5.32 Å². The fourth-order valence-electron chi connectivity index (χ4n) is 1.94. The Labute approximate surface area is 85.8 Å². The van der Waals surface area contributed by atoms with Crippen molar-refractivity contribution in [2.45, 2.75) is 26.2 Å². The van der Waals surface area contributed by atoms with Crippen molar-refractivity contribution in [1.29, 1.82) is 0 Å². The number of hydrogen-bond acceptors (Lipinski definition) is 1. The molecule has 0 aliphatic carbocycles. The number of piperidine rings is 1. The van der Waals surface area contributed by atoms with E-state index in [1.807, 2.05) is 0 Å².